The molecule has 17 heavy (non-hydrogen) atoms. The van der Waals surface area contributed by atoms with Crippen molar-refractivity contribution in [3.63, 3.8) is 0 Å². The summed E-state index contributed by atoms with van der Waals surface area (Å²) >= 11 is 0. The van der Waals surface area contributed by atoms with E-state index in [0.29, 0.717) is 6.42 Å². The highest BCUT2D eigenvalue weighted by Crippen LogP contribution is 2.21. The fourth-order valence-corrected chi connectivity index (χ4v) is 1.73. The van der Waals surface area contributed by atoms with Gasteiger partial charge in [-0.2, -0.15) is 0 Å². The van der Waals surface area contributed by atoms with Crippen LogP contribution in [0.25, 0.3) is 0 Å². The van der Waals surface area contributed by atoms with Crippen molar-refractivity contribution in [1.82, 2.24) is 0 Å². The zero-order valence-electron chi connectivity index (χ0n) is 10.2. The molecule has 0 radical (unpaired) electrons. The number of benzene rings is 1. The van der Waals surface area contributed by atoms with E-state index in [4.69, 9.17) is 10.5 Å². The molecule has 2 atom stereocenters. The number of hydrogen-bond acceptors (Lipinski definition) is 2. The van der Waals surface area contributed by atoms with Gasteiger partial charge < -0.3 is 10.5 Å². The topological polar surface area (TPSA) is 35.2 Å². The Kier molecular flexibility index (Phi) is 5.35. The third-order valence-corrected chi connectivity index (χ3v) is 2.67. The minimum Gasteiger partial charge on any atom is -0.486 e. The molecule has 2 nitrogen and oxygen atoms in total. The van der Waals surface area contributed by atoms with Gasteiger partial charge in [0.05, 0.1) is 0 Å². The maximum Gasteiger partial charge on any atom is 0.167 e. The minimum absolute atomic E-state index is 0.0600. The summed E-state index contributed by atoms with van der Waals surface area (Å²) in [6.45, 7) is 3.96. The lowest BCUT2D eigenvalue weighted by Crippen LogP contribution is -2.38. The van der Waals surface area contributed by atoms with Crippen LogP contribution in [0.15, 0.2) is 18.2 Å². The van der Waals surface area contributed by atoms with Gasteiger partial charge in [0, 0.05) is 12.1 Å². The SMILES string of the molecule is CCCC(N)C(CC)Oc1ccc(F)cc1F. The molecule has 0 aliphatic rings. The van der Waals surface area contributed by atoms with Crippen LogP contribution in [0.4, 0.5) is 8.78 Å². The van der Waals surface area contributed by atoms with Crippen LogP contribution < -0.4 is 10.5 Å². The van der Waals surface area contributed by atoms with Crippen LogP contribution in [-0.2, 0) is 0 Å². The van der Waals surface area contributed by atoms with Gasteiger partial charge >= 0.3 is 0 Å². The Balaban J connectivity index is 2.73. The Morgan fingerprint density at radius 2 is 2.00 bits per heavy atom. The average Bonchev–Trinajstić information content (AvgIpc) is 2.28. The second-order valence-electron chi connectivity index (χ2n) is 4.09. The van der Waals surface area contributed by atoms with Crippen molar-refractivity contribution >= 4 is 0 Å². The molecule has 0 aliphatic carbocycles. The Hall–Kier alpha value is -1.16. The highest BCUT2D eigenvalue weighted by molar-refractivity contribution is 5.25. The zero-order chi connectivity index (χ0) is 12.8. The van der Waals surface area contributed by atoms with Crippen LogP contribution in [0.2, 0.25) is 0 Å². The fraction of sp³-hybridized carbons (Fsp3) is 0.538. The number of hydrogen-bond donors (Lipinski definition) is 1. The van der Waals surface area contributed by atoms with E-state index in [1.807, 2.05) is 13.8 Å². The lowest BCUT2D eigenvalue weighted by molar-refractivity contribution is 0.154. The van der Waals surface area contributed by atoms with Crippen LogP contribution in [-0.4, -0.2) is 12.1 Å². The number of ether oxygens (including phenoxy) is 1. The third kappa shape index (κ3) is 3.97. The first kappa shape index (κ1) is 13.9. The molecular formula is C13H19F2NO. The molecule has 2 N–H and O–H groups in total. The second kappa shape index (κ2) is 6.55. The summed E-state index contributed by atoms with van der Waals surface area (Å²) in [6.07, 6.45) is 2.22. The van der Waals surface area contributed by atoms with Gasteiger partial charge in [0.1, 0.15) is 11.9 Å². The Morgan fingerprint density at radius 3 is 2.53 bits per heavy atom. The van der Waals surface area contributed by atoms with Gasteiger partial charge in [-0.1, -0.05) is 20.3 Å². The first-order chi connectivity index (χ1) is 8.08. The minimum atomic E-state index is -0.688. The Bertz CT molecular complexity index is 357. The summed E-state index contributed by atoms with van der Waals surface area (Å²) < 4.78 is 31.6. The predicted octanol–water partition coefficient (Wildman–Crippen LogP) is 3.25. The van der Waals surface area contributed by atoms with E-state index in [0.717, 1.165) is 18.9 Å². The fourth-order valence-electron chi connectivity index (χ4n) is 1.73. The van der Waals surface area contributed by atoms with E-state index in [1.165, 1.54) is 12.1 Å². The first-order valence-electron chi connectivity index (χ1n) is 5.95. The molecule has 4 heteroatoms. The van der Waals surface area contributed by atoms with Crippen LogP contribution >= 0.6 is 0 Å². The second-order valence-corrected chi connectivity index (χ2v) is 4.09. The van der Waals surface area contributed by atoms with Crippen molar-refractivity contribution < 1.29 is 13.5 Å². The van der Waals surface area contributed by atoms with Gasteiger partial charge in [-0.25, -0.2) is 8.78 Å². The average molecular weight is 243 g/mol. The van der Waals surface area contributed by atoms with Crippen LogP contribution in [0.1, 0.15) is 33.1 Å². The van der Waals surface area contributed by atoms with Gasteiger partial charge in [0.25, 0.3) is 0 Å². The van der Waals surface area contributed by atoms with Gasteiger partial charge in [0.2, 0.25) is 0 Å². The first-order valence-corrected chi connectivity index (χ1v) is 5.95. The monoisotopic (exact) mass is 243 g/mol. The van der Waals surface area contributed by atoms with Crippen molar-refractivity contribution in [3.8, 4) is 5.75 Å². The largest absolute Gasteiger partial charge is 0.486 e. The molecule has 0 amide bonds. The van der Waals surface area contributed by atoms with E-state index < -0.39 is 11.6 Å². The van der Waals surface area contributed by atoms with Crippen molar-refractivity contribution in [2.24, 2.45) is 5.73 Å². The highest BCUT2D eigenvalue weighted by Gasteiger charge is 2.18. The van der Waals surface area contributed by atoms with Crippen LogP contribution in [0, 0.1) is 11.6 Å². The van der Waals surface area contributed by atoms with E-state index in [2.05, 4.69) is 0 Å². The molecule has 1 rings (SSSR count). The standard InChI is InChI=1S/C13H19F2NO/c1-3-5-11(16)12(4-2)17-13-7-6-9(14)8-10(13)15/h6-8,11-12H,3-5,16H2,1-2H3. The van der Waals surface area contributed by atoms with Crippen molar-refractivity contribution in [1.29, 1.82) is 0 Å². The lowest BCUT2D eigenvalue weighted by atomic mass is 10.0. The maximum atomic E-state index is 13.4. The number of halogens is 2. The summed E-state index contributed by atoms with van der Waals surface area (Å²) in [4.78, 5) is 0. The van der Waals surface area contributed by atoms with E-state index >= 15 is 0 Å². The number of rotatable bonds is 6. The molecule has 0 saturated heterocycles. The van der Waals surface area contributed by atoms with E-state index in [1.54, 1.807) is 0 Å². The predicted molar refractivity (Wildman–Crippen MR) is 63.9 cm³/mol. The van der Waals surface area contributed by atoms with Gasteiger partial charge in [-0.15, -0.1) is 0 Å². The molecule has 2 unspecified atom stereocenters. The van der Waals surface area contributed by atoms with Gasteiger partial charge in [-0.05, 0) is 25.0 Å². The summed E-state index contributed by atoms with van der Waals surface area (Å²) in [6, 6.07) is 3.16. The van der Waals surface area contributed by atoms with Crippen molar-refractivity contribution in [2.75, 3.05) is 0 Å². The molecular weight excluding hydrogens is 224 g/mol. The van der Waals surface area contributed by atoms with Crippen LogP contribution in [0.3, 0.4) is 0 Å². The molecule has 1 aromatic rings. The van der Waals surface area contributed by atoms with Gasteiger partial charge in [0.15, 0.2) is 11.6 Å². The summed E-state index contributed by atoms with van der Waals surface area (Å²) in [5.41, 5.74) is 5.95. The lowest BCUT2D eigenvalue weighted by Gasteiger charge is -2.23. The van der Waals surface area contributed by atoms with Crippen molar-refractivity contribution in [3.05, 3.63) is 29.8 Å². The maximum absolute atomic E-state index is 13.4. The molecule has 1 aromatic carbocycles. The van der Waals surface area contributed by atoms with Gasteiger partial charge in [-0.3, -0.25) is 0 Å². The smallest absolute Gasteiger partial charge is 0.167 e. The third-order valence-electron chi connectivity index (χ3n) is 2.67. The van der Waals surface area contributed by atoms with E-state index in [9.17, 15) is 8.78 Å². The normalized spacial score (nSPS) is 14.4. The molecule has 0 spiro atoms. The summed E-state index contributed by atoms with van der Waals surface area (Å²) in [5, 5.41) is 0. The highest BCUT2D eigenvalue weighted by atomic mass is 19.1. The molecule has 0 aliphatic heterocycles. The summed E-state index contributed by atoms with van der Waals surface area (Å²) in [5.74, 6) is -1.24. The molecule has 0 fully saturated rings. The Labute approximate surface area is 101 Å². The quantitative estimate of drug-likeness (QED) is 0.832. The molecule has 0 heterocycles. The zero-order valence-corrected chi connectivity index (χ0v) is 10.2. The summed E-state index contributed by atoms with van der Waals surface area (Å²) in [7, 11) is 0. The number of nitrogens with two attached hydrogens (primary N) is 1. The van der Waals surface area contributed by atoms with E-state index in [-0.39, 0.29) is 17.9 Å². The van der Waals surface area contributed by atoms with Crippen LogP contribution in [0.5, 0.6) is 5.75 Å². The molecule has 0 saturated carbocycles. The molecule has 0 bridgehead atoms. The van der Waals surface area contributed by atoms with Crippen molar-refractivity contribution in [2.45, 2.75) is 45.3 Å². The molecule has 96 valence electrons. The molecule has 0 aromatic heterocycles. The Morgan fingerprint density at radius 1 is 1.29 bits per heavy atom.